The van der Waals surface area contributed by atoms with Crippen LogP contribution in [0.1, 0.15) is 38.5 Å². The van der Waals surface area contributed by atoms with Gasteiger partial charge in [0, 0.05) is 24.4 Å². The Kier molecular flexibility index (Phi) is 5.76. The second-order valence-electron chi connectivity index (χ2n) is 6.02. The first-order valence-electron chi connectivity index (χ1n) is 7.51. The van der Waals surface area contributed by atoms with E-state index in [0.29, 0.717) is 32.1 Å². The Bertz CT molecular complexity index is 408. The van der Waals surface area contributed by atoms with Gasteiger partial charge >= 0.3 is 0 Å². The van der Waals surface area contributed by atoms with Gasteiger partial charge in [0.05, 0.1) is 0 Å². The minimum absolute atomic E-state index is 0.107. The lowest BCUT2D eigenvalue weighted by molar-refractivity contribution is 0.268. The second kappa shape index (κ2) is 6.96. The maximum Gasteiger partial charge on any atom is 0.279 e. The zero-order valence-corrected chi connectivity index (χ0v) is 13.9. The van der Waals surface area contributed by atoms with E-state index in [9.17, 15) is 8.42 Å². The summed E-state index contributed by atoms with van der Waals surface area (Å²) < 4.78 is 29.4. The molecule has 2 aliphatic rings. The van der Waals surface area contributed by atoms with Crippen LogP contribution < -0.4 is 10.5 Å². The summed E-state index contributed by atoms with van der Waals surface area (Å²) >= 11 is 1.81. The third kappa shape index (κ3) is 3.88. The molecule has 118 valence electrons. The Balaban J connectivity index is 1.93. The van der Waals surface area contributed by atoms with Gasteiger partial charge in [-0.25, -0.2) is 4.72 Å². The van der Waals surface area contributed by atoms with Crippen LogP contribution in [0.3, 0.4) is 0 Å². The maximum atomic E-state index is 12.4. The molecule has 2 rings (SSSR count). The molecule has 7 heteroatoms. The van der Waals surface area contributed by atoms with Crippen molar-refractivity contribution in [2.75, 3.05) is 32.4 Å². The molecular weight excluding hydrogens is 294 g/mol. The smallest absolute Gasteiger partial charge is 0.279 e. The first kappa shape index (κ1) is 16.5. The number of hydrogen-bond donors (Lipinski definition) is 2. The molecule has 0 aromatic carbocycles. The molecule has 1 heterocycles. The summed E-state index contributed by atoms with van der Waals surface area (Å²) in [4.78, 5) is 0. The van der Waals surface area contributed by atoms with Gasteiger partial charge in [0.1, 0.15) is 0 Å². The van der Waals surface area contributed by atoms with Crippen molar-refractivity contribution in [1.82, 2.24) is 9.03 Å². The van der Waals surface area contributed by atoms with Gasteiger partial charge < -0.3 is 5.73 Å². The van der Waals surface area contributed by atoms with Crippen LogP contribution in [0.15, 0.2) is 0 Å². The van der Waals surface area contributed by atoms with E-state index < -0.39 is 10.2 Å². The van der Waals surface area contributed by atoms with Crippen molar-refractivity contribution in [3.8, 4) is 0 Å². The fourth-order valence-corrected chi connectivity index (χ4v) is 5.65. The first-order valence-corrected chi connectivity index (χ1v) is 10.2. The maximum absolute atomic E-state index is 12.4. The zero-order chi connectivity index (χ0) is 14.6. The normalized spacial score (nSPS) is 27.8. The van der Waals surface area contributed by atoms with Crippen LogP contribution in [0.4, 0.5) is 0 Å². The third-order valence-corrected chi connectivity index (χ3v) is 7.62. The summed E-state index contributed by atoms with van der Waals surface area (Å²) in [5.41, 5.74) is 5.68. The van der Waals surface area contributed by atoms with Gasteiger partial charge in [-0.3, -0.25) is 0 Å². The van der Waals surface area contributed by atoms with Crippen LogP contribution >= 0.6 is 11.8 Å². The molecule has 1 saturated heterocycles. The van der Waals surface area contributed by atoms with Crippen molar-refractivity contribution >= 4 is 22.0 Å². The molecule has 2 fully saturated rings. The monoisotopic (exact) mass is 321 g/mol. The largest absolute Gasteiger partial charge is 0.330 e. The first-order chi connectivity index (χ1) is 9.51. The molecule has 0 aromatic heterocycles. The molecule has 20 heavy (non-hydrogen) atoms. The fourth-order valence-electron chi connectivity index (χ4n) is 3.22. The molecule has 0 aromatic rings. The van der Waals surface area contributed by atoms with Crippen molar-refractivity contribution in [1.29, 1.82) is 0 Å². The SMILES string of the molecule is CSC1(CNS(=O)(=O)N2CCCC(CN)C2)CCCC1. The Hall–Kier alpha value is 0.180. The lowest BCUT2D eigenvalue weighted by atomic mass is 10.0. The highest BCUT2D eigenvalue weighted by Gasteiger charge is 2.36. The van der Waals surface area contributed by atoms with Crippen LogP contribution in [0.2, 0.25) is 0 Å². The minimum atomic E-state index is -3.35. The topological polar surface area (TPSA) is 75.4 Å². The van der Waals surface area contributed by atoms with E-state index in [1.807, 2.05) is 0 Å². The number of nitrogens with zero attached hydrogens (tertiary/aromatic N) is 1. The third-order valence-electron chi connectivity index (χ3n) is 4.68. The molecular formula is C13H27N3O2S2. The van der Waals surface area contributed by atoms with Gasteiger partial charge in [-0.1, -0.05) is 12.8 Å². The number of nitrogens with two attached hydrogens (primary N) is 1. The van der Waals surface area contributed by atoms with Crippen LogP contribution in [0.5, 0.6) is 0 Å². The molecule has 0 spiro atoms. The minimum Gasteiger partial charge on any atom is -0.330 e. The lowest BCUT2D eigenvalue weighted by Crippen LogP contribution is -2.50. The van der Waals surface area contributed by atoms with Gasteiger partial charge in [-0.2, -0.15) is 24.5 Å². The second-order valence-corrected chi connectivity index (χ2v) is 9.05. The summed E-state index contributed by atoms with van der Waals surface area (Å²) in [7, 11) is -3.35. The molecule has 1 atom stereocenters. The summed E-state index contributed by atoms with van der Waals surface area (Å²) in [6.45, 7) is 2.32. The van der Waals surface area contributed by atoms with Crippen molar-refractivity contribution in [3.63, 3.8) is 0 Å². The summed E-state index contributed by atoms with van der Waals surface area (Å²) in [5.74, 6) is 0.307. The lowest BCUT2D eigenvalue weighted by Gasteiger charge is -2.33. The van der Waals surface area contributed by atoms with Crippen molar-refractivity contribution in [2.24, 2.45) is 11.7 Å². The molecule has 1 unspecified atom stereocenters. The molecule has 1 aliphatic carbocycles. The van der Waals surface area contributed by atoms with Gasteiger partial charge in [0.2, 0.25) is 0 Å². The molecule has 3 N–H and O–H groups in total. The Morgan fingerprint density at radius 3 is 2.65 bits per heavy atom. The Morgan fingerprint density at radius 1 is 1.35 bits per heavy atom. The highest BCUT2D eigenvalue weighted by Crippen LogP contribution is 2.39. The summed E-state index contributed by atoms with van der Waals surface area (Å²) in [6.07, 6.45) is 8.69. The Labute approximate surface area is 127 Å². The van der Waals surface area contributed by atoms with Crippen LogP contribution in [-0.4, -0.2) is 49.9 Å². The fraction of sp³-hybridized carbons (Fsp3) is 1.00. The van der Waals surface area contributed by atoms with E-state index in [0.717, 1.165) is 25.7 Å². The predicted octanol–water partition coefficient (Wildman–Crippen LogP) is 1.17. The Morgan fingerprint density at radius 2 is 2.05 bits per heavy atom. The molecule has 5 nitrogen and oxygen atoms in total. The van der Waals surface area contributed by atoms with Gasteiger partial charge in [-0.05, 0) is 44.4 Å². The highest BCUT2D eigenvalue weighted by atomic mass is 32.2. The van der Waals surface area contributed by atoms with Gasteiger partial charge in [0.15, 0.2) is 0 Å². The summed E-state index contributed by atoms with van der Waals surface area (Å²) in [5, 5.41) is 0. The molecule has 0 bridgehead atoms. The molecule has 1 aliphatic heterocycles. The summed E-state index contributed by atoms with van der Waals surface area (Å²) in [6, 6.07) is 0. The standard InChI is InChI=1S/C13H27N3O2S2/c1-19-13(6-2-3-7-13)11-15-20(17,18)16-8-4-5-12(9-14)10-16/h12,15H,2-11,14H2,1H3. The molecule has 1 saturated carbocycles. The average molecular weight is 322 g/mol. The van der Waals surface area contributed by atoms with Crippen molar-refractivity contribution in [2.45, 2.75) is 43.3 Å². The van der Waals surface area contributed by atoms with Crippen LogP contribution in [-0.2, 0) is 10.2 Å². The molecule has 0 amide bonds. The number of hydrogen-bond acceptors (Lipinski definition) is 4. The zero-order valence-electron chi connectivity index (χ0n) is 12.3. The number of thioether (sulfide) groups is 1. The van der Waals surface area contributed by atoms with E-state index >= 15 is 0 Å². The van der Waals surface area contributed by atoms with Crippen LogP contribution in [0.25, 0.3) is 0 Å². The molecule has 0 radical (unpaired) electrons. The van der Waals surface area contributed by atoms with E-state index in [1.54, 1.807) is 16.1 Å². The highest BCUT2D eigenvalue weighted by molar-refractivity contribution is 8.00. The predicted molar refractivity (Wildman–Crippen MR) is 85.0 cm³/mol. The van der Waals surface area contributed by atoms with E-state index in [-0.39, 0.29) is 4.75 Å². The van der Waals surface area contributed by atoms with Crippen LogP contribution in [0, 0.1) is 5.92 Å². The number of piperidine rings is 1. The average Bonchev–Trinajstić information content (AvgIpc) is 2.95. The van der Waals surface area contributed by atoms with E-state index in [4.69, 9.17) is 5.73 Å². The van der Waals surface area contributed by atoms with Gasteiger partial charge in [0.25, 0.3) is 10.2 Å². The quantitative estimate of drug-likeness (QED) is 0.770. The number of nitrogens with one attached hydrogen (secondary N) is 1. The van der Waals surface area contributed by atoms with E-state index in [1.165, 1.54) is 12.8 Å². The van der Waals surface area contributed by atoms with E-state index in [2.05, 4.69) is 11.0 Å². The van der Waals surface area contributed by atoms with Gasteiger partial charge in [-0.15, -0.1) is 0 Å². The van der Waals surface area contributed by atoms with Crippen molar-refractivity contribution < 1.29 is 8.42 Å². The van der Waals surface area contributed by atoms with Crippen molar-refractivity contribution in [3.05, 3.63) is 0 Å². The number of rotatable bonds is 6.